The van der Waals surface area contributed by atoms with Gasteiger partial charge in [-0.15, -0.1) is 0 Å². The van der Waals surface area contributed by atoms with Gasteiger partial charge in [0.15, 0.2) is 0 Å². The van der Waals surface area contributed by atoms with Crippen LogP contribution in [-0.4, -0.2) is 35.6 Å². The Hall–Kier alpha value is -0.640. The largest absolute Gasteiger partial charge is 0.392 e. The highest BCUT2D eigenvalue weighted by Gasteiger charge is 2.17. The summed E-state index contributed by atoms with van der Waals surface area (Å²) in [5.74, 6) is 0. The number of unbranched alkanes of at least 4 members (excludes halogenated alkanes) is 22. The SMILES string of the molecule is CCCCCCCCCC(CCCCCCCC=CCO)OC(CCCCCCCC=CCO)CCCCCCCCC. The summed E-state index contributed by atoms with van der Waals surface area (Å²) < 4.78 is 7.02. The third-order valence-corrected chi connectivity index (χ3v) is 8.98. The van der Waals surface area contributed by atoms with Crippen molar-refractivity contribution in [1.29, 1.82) is 0 Å². The molecule has 0 fully saturated rings. The minimum atomic E-state index is 0.171. The van der Waals surface area contributed by atoms with Gasteiger partial charge < -0.3 is 14.9 Å². The summed E-state index contributed by atoms with van der Waals surface area (Å²) in [4.78, 5) is 0. The molecule has 256 valence electrons. The smallest absolute Gasteiger partial charge is 0.0612 e. The molecule has 0 aromatic heterocycles. The summed E-state index contributed by atoms with van der Waals surface area (Å²) in [7, 11) is 0. The topological polar surface area (TPSA) is 49.7 Å². The maximum atomic E-state index is 8.89. The molecule has 0 bridgehead atoms. The van der Waals surface area contributed by atoms with Gasteiger partial charge in [-0.3, -0.25) is 0 Å². The quantitative estimate of drug-likeness (QED) is 0.0551. The maximum Gasteiger partial charge on any atom is 0.0612 e. The summed E-state index contributed by atoms with van der Waals surface area (Å²) in [5, 5.41) is 17.8. The van der Waals surface area contributed by atoms with Gasteiger partial charge in [-0.25, -0.2) is 0 Å². The minimum absolute atomic E-state index is 0.171. The molecule has 0 rings (SSSR count). The van der Waals surface area contributed by atoms with Crippen molar-refractivity contribution >= 4 is 0 Å². The van der Waals surface area contributed by atoms with E-state index in [1.54, 1.807) is 0 Å². The first-order valence-electron chi connectivity index (χ1n) is 19.5. The number of hydrogen-bond donors (Lipinski definition) is 2. The molecule has 0 aromatic rings. The third-order valence-electron chi connectivity index (χ3n) is 8.98. The van der Waals surface area contributed by atoms with E-state index in [1.807, 2.05) is 12.2 Å². The van der Waals surface area contributed by atoms with Crippen LogP contribution in [0.15, 0.2) is 24.3 Å². The van der Waals surface area contributed by atoms with E-state index in [-0.39, 0.29) is 13.2 Å². The molecule has 0 saturated carbocycles. The van der Waals surface area contributed by atoms with Crippen LogP contribution in [0.3, 0.4) is 0 Å². The van der Waals surface area contributed by atoms with Crippen LogP contribution >= 0.6 is 0 Å². The molecule has 0 heterocycles. The molecule has 0 aliphatic rings. The molecule has 43 heavy (non-hydrogen) atoms. The number of aliphatic hydroxyl groups is 2. The normalized spacial score (nSPS) is 13.5. The van der Waals surface area contributed by atoms with E-state index in [0.29, 0.717) is 12.2 Å². The lowest BCUT2D eigenvalue weighted by atomic mass is 9.99. The summed E-state index contributed by atoms with van der Waals surface area (Å²) >= 11 is 0. The van der Waals surface area contributed by atoms with E-state index in [2.05, 4.69) is 26.0 Å². The van der Waals surface area contributed by atoms with E-state index < -0.39 is 0 Å². The molecule has 3 heteroatoms. The molecule has 0 radical (unpaired) electrons. The molecule has 3 nitrogen and oxygen atoms in total. The predicted molar refractivity (Wildman–Crippen MR) is 191 cm³/mol. The van der Waals surface area contributed by atoms with Gasteiger partial charge in [-0.05, 0) is 51.4 Å². The lowest BCUT2D eigenvalue weighted by Gasteiger charge is -2.26. The fourth-order valence-electron chi connectivity index (χ4n) is 6.21. The zero-order valence-corrected chi connectivity index (χ0v) is 29.4. The van der Waals surface area contributed by atoms with E-state index in [1.165, 1.54) is 180 Å². The van der Waals surface area contributed by atoms with Gasteiger partial charge in [0.2, 0.25) is 0 Å². The minimum Gasteiger partial charge on any atom is -0.392 e. The highest BCUT2D eigenvalue weighted by atomic mass is 16.5. The average Bonchev–Trinajstić information content (AvgIpc) is 3.01. The van der Waals surface area contributed by atoms with Gasteiger partial charge in [0.05, 0.1) is 25.4 Å². The van der Waals surface area contributed by atoms with Crippen molar-refractivity contribution < 1.29 is 14.9 Å². The first kappa shape index (κ1) is 42.4. The van der Waals surface area contributed by atoms with Crippen molar-refractivity contribution in [2.24, 2.45) is 0 Å². The van der Waals surface area contributed by atoms with Crippen molar-refractivity contribution in [3.05, 3.63) is 24.3 Å². The molecule has 0 spiro atoms. The van der Waals surface area contributed by atoms with Crippen LogP contribution in [-0.2, 0) is 4.74 Å². The molecule has 2 atom stereocenters. The second-order valence-electron chi connectivity index (χ2n) is 13.2. The van der Waals surface area contributed by atoms with Crippen molar-refractivity contribution in [3.8, 4) is 0 Å². The first-order chi connectivity index (χ1) is 21.3. The molecule has 2 unspecified atom stereocenters. The van der Waals surface area contributed by atoms with Crippen LogP contribution in [0.1, 0.15) is 206 Å². The number of ether oxygens (including phenoxy) is 1. The van der Waals surface area contributed by atoms with Crippen LogP contribution in [0.5, 0.6) is 0 Å². The Morgan fingerprint density at radius 2 is 0.651 bits per heavy atom. The number of rotatable bonds is 36. The maximum absolute atomic E-state index is 8.89. The van der Waals surface area contributed by atoms with Crippen LogP contribution in [0, 0.1) is 0 Å². The Kier molecular flexibility index (Phi) is 37.0. The van der Waals surface area contributed by atoms with Gasteiger partial charge in [0.1, 0.15) is 0 Å². The Bertz CT molecular complexity index is 510. The standard InChI is InChI=1S/C40H78O3/c1-3-5-7-9-15-21-27-33-39(35-29-23-17-11-13-19-25-31-37-41)43-40(34-28-22-16-10-8-6-4-2)36-30-24-18-12-14-20-26-32-38-42/h25-26,31-32,39-42H,3-24,27-30,33-38H2,1-2H3. The lowest BCUT2D eigenvalue weighted by Crippen LogP contribution is -2.23. The van der Waals surface area contributed by atoms with Crippen molar-refractivity contribution in [2.75, 3.05) is 13.2 Å². The highest BCUT2D eigenvalue weighted by Crippen LogP contribution is 2.23. The average molecular weight is 607 g/mol. The Morgan fingerprint density at radius 1 is 0.372 bits per heavy atom. The van der Waals surface area contributed by atoms with E-state index in [9.17, 15) is 0 Å². The van der Waals surface area contributed by atoms with Gasteiger partial charge >= 0.3 is 0 Å². The number of hydrogen-bond acceptors (Lipinski definition) is 3. The third kappa shape index (κ3) is 34.1. The van der Waals surface area contributed by atoms with E-state index in [0.717, 1.165) is 12.8 Å². The zero-order chi connectivity index (χ0) is 31.3. The monoisotopic (exact) mass is 607 g/mol. The predicted octanol–water partition coefficient (Wildman–Crippen LogP) is 12.6. The van der Waals surface area contributed by atoms with Crippen LogP contribution in [0.25, 0.3) is 0 Å². The van der Waals surface area contributed by atoms with Gasteiger partial charge in [-0.2, -0.15) is 0 Å². The molecule has 0 saturated heterocycles. The summed E-state index contributed by atoms with van der Waals surface area (Å²) in [6.07, 6.45) is 48.4. The second kappa shape index (κ2) is 37.5. The first-order valence-corrected chi connectivity index (χ1v) is 19.5. The molecular formula is C40H78O3. The van der Waals surface area contributed by atoms with Crippen molar-refractivity contribution in [2.45, 2.75) is 219 Å². The van der Waals surface area contributed by atoms with Crippen molar-refractivity contribution in [3.63, 3.8) is 0 Å². The number of aliphatic hydroxyl groups excluding tert-OH is 2. The molecule has 0 amide bonds. The Morgan fingerprint density at radius 3 is 0.953 bits per heavy atom. The molecule has 0 aromatic carbocycles. The lowest BCUT2D eigenvalue weighted by molar-refractivity contribution is -0.0324. The van der Waals surface area contributed by atoms with Crippen LogP contribution < -0.4 is 0 Å². The number of allylic oxidation sites excluding steroid dienone is 2. The molecular weight excluding hydrogens is 528 g/mol. The molecule has 0 aliphatic heterocycles. The fraction of sp³-hybridized carbons (Fsp3) is 0.900. The van der Waals surface area contributed by atoms with Crippen LogP contribution in [0.4, 0.5) is 0 Å². The van der Waals surface area contributed by atoms with E-state index in [4.69, 9.17) is 14.9 Å². The highest BCUT2D eigenvalue weighted by molar-refractivity contribution is 4.81. The zero-order valence-electron chi connectivity index (χ0n) is 29.4. The molecule has 0 aliphatic carbocycles. The Balaban J connectivity index is 4.71. The summed E-state index contributed by atoms with van der Waals surface area (Å²) in [6, 6.07) is 0. The fourth-order valence-corrected chi connectivity index (χ4v) is 6.21. The van der Waals surface area contributed by atoms with Crippen molar-refractivity contribution in [1.82, 2.24) is 0 Å². The summed E-state index contributed by atoms with van der Waals surface area (Å²) in [5.41, 5.74) is 0. The van der Waals surface area contributed by atoms with Gasteiger partial charge in [0, 0.05) is 0 Å². The van der Waals surface area contributed by atoms with E-state index >= 15 is 0 Å². The summed E-state index contributed by atoms with van der Waals surface area (Å²) in [6.45, 7) is 4.95. The van der Waals surface area contributed by atoms with Crippen LogP contribution in [0.2, 0.25) is 0 Å². The van der Waals surface area contributed by atoms with Gasteiger partial charge in [0.25, 0.3) is 0 Å². The Labute approximate surface area is 270 Å². The second-order valence-corrected chi connectivity index (χ2v) is 13.2. The van der Waals surface area contributed by atoms with Gasteiger partial charge in [-0.1, -0.05) is 179 Å². The molecule has 2 N–H and O–H groups in total.